The fraction of sp³-hybridized carbons (Fsp3) is 0.464. The van der Waals surface area contributed by atoms with Gasteiger partial charge in [0.15, 0.2) is 5.82 Å². The minimum Gasteiger partial charge on any atom is -0.460 e. The molecule has 0 radical (unpaired) electrons. The molecule has 194 valence electrons. The second-order valence-electron chi connectivity index (χ2n) is 9.79. The van der Waals surface area contributed by atoms with Crippen LogP contribution in [0.3, 0.4) is 0 Å². The Balaban J connectivity index is 1.22. The molecule has 0 bridgehead atoms. The maximum atomic E-state index is 13.3. The first kappa shape index (κ1) is 25.0. The Hall–Kier alpha value is -3.62. The van der Waals surface area contributed by atoms with Crippen molar-refractivity contribution < 1.29 is 18.4 Å². The van der Waals surface area contributed by atoms with Crippen LogP contribution in [0, 0.1) is 0 Å². The number of carbonyl (C=O) groups excluding carboxylic acids is 1. The van der Waals surface area contributed by atoms with Crippen molar-refractivity contribution in [2.24, 2.45) is 0 Å². The third-order valence-electron chi connectivity index (χ3n) is 6.49. The fourth-order valence-electron chi connectivity index (χ4n) is 4.10. The number of hydrogen-bond donors (Lipinski definition) is 0. The van der Waals surface area contributed by atoms with Gasteiger partial charge in [0, 0.05) is 49.2 Å². The second kappa shape index (κ2) is 11.6. The van der Waals surface area contributed by atoms with E-state index in [1.54, 1.807) is 11.1 Å². The quantitative estimate of drug-likeness (QED) is 0.250. The van der Waals surface area contributed by atoms with E-state index < -0.39 is 5.83 Å². The Bertz CT molecular complexity index is 1240. The lowest BCUT2D eigenvalue weighted by molar-refractivity contribution is -0.118. The van der Waals surface area contributed by atoms with Gasteiger partial charge in [0.2, 0.25) is 11.8 Å². The van der Waals surface area contributed by atoms with Crippen molar-refractivity contribution in [1.82, 2.24) is 20.1 Å². The van der Waals surface area contributed by atoms with Gasteiger partial charge in [-0.25, -0.2) is 9.37 Å². The molecule has 0 spiro atoms. The van der Waals surface area contributed by atoms with Gasteiger partial charge in [0.25, 0.3) is 0 Å². The van der Waals surface area contributed by atoms with Crippen LogP contribution in [0.4, 0.5) is 10.1 Å². The van der Waals surface area contributed by atoms with E-state index in [0.29, 0.717) is 24.4 Å². The van der Waals surface area contributed by atoms with E-state index in [1.165, 1.54) is 0 Å². The number of benzene rings is 1. The average molecular weight is 506 g/mol. The number of unbranched alkanes of at least 4 members (excludes halogenated alkanes) is 2. The molecule has 5 rings (SSSR count). The zero-order chi connectivity index (χ0) is 25.6. The molecular formula is C28H32FN5O3. The summed E-state index contributed by atoms with van der Waals surface area (Å²) in [6, 6.07) is 9.86. The van der Waals surface area contributed by atoms with Crippen LogP contribution in [0.25, 0.3) is 11.3 Å². The van der Waals surface area contributed by atoms with Gasteiger partial charge in [-0.3, -0.25) is 4.79 Å². The van der Waals surface area contributed by atoms with Gasteiger partial charge >= 0.3 is 6.01 Å². The molecule has 2 fully saturated rings. The predicted octanol–water partition coefficient (Wildman–Crippen LogP) is 5.95. The molecule has 0 aliphatic heterocycles. The molecule has 0 N–H and O–H groups in total. The van der Waals surface area contributed by atoms with Gasteiger partial charge in [0.1, 0.15) is 6.10 Å². The molecular weight excluding hydrogens is 473 g/mol. The molecule has 2 saturated carbocycles. The molecule has 8 nitrogen and oxygen atoms in total. The van der Waals surface area contributed by atoms with E-state index in [-0.39, 0.29) is 24.9 Å². The highest BCUT2D eigenvalue weighted by atomic mass is 19.1. The van der Waals surface area contributed by atoms with Crippen molar-refractivity contribution in [2.75, 3.05) is 11.4 Å². The smallest absolute Gasteiger partial charge is 0.317 e. The van der Waals surface area contributed by atoms with E-state index in [0.717, 1.165) is 74.1 Å². The van der Waals surface area contributed by atoms with E-state index in [2.05, 4.69) is 26.7 Å². The zero-order valence-corrected chi connectivity index (χ0v) is 20.9. The fourth-order valence-corrected chi connectivity index (χ4v) is 4.10. The Morgan fingerprint density at radius 1 is 1.11 bits per heavy atom. The highest BCUT2D eigenvalue weighted by molar-refractivity contribution is 5.94. The molecule has 1 aromatic carbocycles. The lowest BCUT2D eigenvalue weighted by atomic mass is 10.1. The molecule has 0 unspecified atom stereocenters. The van der Waals surface area contributed by atoms with Crippen LogP contribution in [0.1, 0.15) is 75.4 Å². The van der Waals surface area contributed by atoms with Crippen molar-refractivity contribution in [3.63, 3.8) is 0 Å². The highest BCUT2D eigenvalue weighted by Gasteiger charge is 2.28. The zero-order valence-electron chi connectivity index (χ0n) is 20.9. The van der Waals surface area contributed by atoms with Crippen LogP contribution in [-0.2, 0) is 11.2 Å². The number of hydrogen-bond acceptors (Lipinski definition) is 7. The monoisotopic (exact) mass is 505 g/mol. The summed E-state index contributed by atoms with van der Waals surface area (Å²) in [5, 5.41) is 4.06. The van der Waals surface area contributed by atoms with Crippen LogP contribution in [0.5, 0.6) is 6.01 Å². The number of halogens is 1. The topological polar surface area (TPSA) is 94.2 Å². The highest BCUT2D eigenvalue weighted by Crippen LogP contribution is 2.38. The summed E-state index contributed by atoms with van der Waals surface area (Å²) in [5.74, 6) is 1.36. The molecule has 9 heteroatoms. The van der Waals surface area contributed by atoms with Crippen molar-refractivity contribution in [2.45, 2.75) is 76.2 Å². The molecule has 37 heavy (non-hydrogen) atoms. The molecule has 2 aliphatic carbocycles. The number of allylic oxidation sites excluding steroid dienone is 1. The second-order valence-corrected chi connectivity index (χ2v) is 9.79. The Morgan fingerprint density at radius 3 is 2.76 bits per heavy atom. The number of carbonyl (C=O) groups is 1. The summed E-state index contributed by atoms with van der Waals surface area (Å²) >= 11 is 0. The number of nitrogens with zero attached hydrogens (tertiary/aromatic N) is 5. The first-order chi connectivity index (χ1) is 18.0. The molecule has 1 amide bonds. The van der Waals surface area contributed by atoms with Crippen molar-refractivity contribution in [3.8, 4) is 17.3 Å². The maximum Gasteiger partial charge on any atom is 0.317 e. The minimum absolute atomic E-state index is 0.0172. The number of aromatic nitrogens is 4. The van der Waals surface area contributed by atoms with Gasteiger partial charge in [-0.15, -0.1) is 0 Å². The third-order valence-corrected chi connectivity index (χ3v) is 6.49. The maximum absolute atomic E-state index is 13.3. The molecule has 0 saturated heterocycles. The average Bonchev–Trinajstić information content (AvgIpc) is 3.85. The number of amides is 1. The first-order valence-electron chi connectivity index (χ1n) is 13.1. The number of ether oxygens (including phenoxy) is 1. The first-order valence-corrected chi connectivity index (χ1v) is 13.1. The molecule has 2 aliphatic rings. The summed E-state index contributed by atoms with van der Waals surface area (Å²) < 4.78 is 24.4. The minimum atomic E-state index is -0.489. The van der Waals surface area contributed by atoms with Gasteiger partial charge in [-0.05, 0) is 56.7 Å². The van der Waals surface area contributed by atoms with Crippen LogP contribution in [0.15, 0.2) is 53.5 Å². The number of rotatable bonds is 14. The number of aryl methyl sites for hydroxylation is 1. The Morgan fingerprint density at radius 2 is 1.97 bits per heavy atom. The summed E-state index contributed by atoms with van der Waals surface area (Å²) in [6.07, 6.45) is 9.63. The summed E-state index contributed by atoms with van der Waals surface area (Å²) in [7, 11) is 0. The number of anilines is 1. The largest absolute Gasteiger partial charge is 0.460 e. The van der Waals surface area contributed by atoms with E-state index in [9.17, 15) is 9.18 Å². The lowest BCUT2D eigenvalue weighted by Crippen LogP contribution is -2.31. The van der Waals surface area contributed by atoms with Gasteiger partial charge in [-0.1, -0.05) is 30.3 Å². The van der Waals surface area contributed by atoms with Gasteiger partial charge in [0.05, 0.1) is 11.5 Å². The van der Waals surface area contributed by atoms with Crippen LogP contribution < -0.4 is 9.64 Å². The van der Waals surface area contributed by atoms with Crippen molar-refractivity contribution in [3.05, 3.63) is 60.6 Å². The predicted molar refractivity (Wildman–Crippen MR) is 137 cm³/mol. The molecule has 3 aromatic rings. The molecule has 0 atom stereocenters. The Kier molecular flexibility index (Phi) is 7.87. The van der Waals surface area contributed by atoms with E-state index in [4.69, 9.17) is 9.26 Å². The van der Waals surface area contributed by atoms with Gasteiger partial charge in [-0.2, -0.15) is 9.97 Å². The SMILES string of the molecule is C=C(F)CCC(=O)N(CCCCCc1nc(C2CC2)no1)c1cccc(-c2ccnc(OC3CC3)n2)c1. The lowest BCUT2D eigenvalue weighted by Gasteiger charge is -2.23. The standard InChI is InChI=1S/C28H32FN5O3/c1-19(29)9-14-26(35)34(17-4-2-3-8-25-32-27(33-37-25)20-10-11-20)22-7-5-6-21(18-22)24-15-16-30-28(31-24)36-23-12-13-23/h5-7,15-16,18,20,23H,1-4,8-14,17H2. The third kappa shape index (κ3) is 7.21. The van der Waals surface area contributed by atoms with Crippen LogP contribution in [-0.4, -0.2) is 38.7 Å². The summed E-state index contributed by atoms with van der Waals surface area (Å²) in [5.41, 5.74) is 2.33. The Labute approximate surface area is 216 Å². The van der Waals surface area contributed by atoms with Crippen molar-refractivity contribution in [1.29, 1.82) is 0 Å². The normalized spacial score (nSPS) is 14.9. The van der Waals surface area contributed by atoms with Crippen molar-refractivity contribution >= 4 is 11.6 Å². The van der Waals surface area contributed by atoms with E-state index in [1.807, 2.05) is 30.3 Å². The van der Waals surface area contributed by atoms with Crippen LogP contribution in [0.2, 0.25) is 0 Å². The molecule has 2 aromatic heterocycles. The molecule has 2 heterocycles. The van der Waals surface area contributed by atoms with E-state index >= 15 is 0 Å². The summed E-state index contributed by atoms with van der Waals surface area (Å²) in [4.78, 5) is 28.0. The van der Waals surface area contributed by atoms with Crippen LogP contribution >= 0.6 is 0 Å². The van der Waals surface area contributed by atoms with Gasteiger partial charge < -0.3 is 14.2 Å². The summed E-state index contributed by atoms with van der Waals surface area (Å²) in [6.45, 7) is 3.82.